The van der Waals surface area contributed by atoms with E-state index in [1.165, 1.54) is 0 Å². The number of nitrogens with zero attached hydrogens (tertiary/aromatic N) is 2. The van der Waals surface area contributed by atoms with Crippen LogP contribution in [0.3, 0.4) is 0 Å². The molecule has 5 nitrogen and oxygen atoms in total. The largest absolute Gasteiger partial charge is 0.491 e. The minimum absolute atomic E-state index is 0.0829. The Morgan fingerprint density at radius 2 is 1.96 bits per heavy atom. The molecule has 1 aliphatic rings. The highest BCUT2D eigenvalue weighted by atomic mass is 16.5. The van der Waals surface area contributed by atoms with Crippen molar-refractivity contribution in [2.75, 3.05) is 18.1 Å². The summed E-state index contributed by atoms with van der Waals surface area (Å²) >= 11 is 0. The highest BCUT2D eigenvalue weighted by Crippen LogP contribution is 2.26. The maximum absolute atomic E-state index is 12.8. The molecule has 3 rings (SSSR count). The molecule has 0 aliphatic carbocycles. The summed E-state index contributed by atoms with van der Waals surface area (Å²) in [4.78, 5) is 27.5. The standard InChI is InChI=1S/C22H26N2O3/c1-16(2)22(26)24(20-7-4-17(3)5-8-20)13-18-6-9-21-19(12-18)14-23(15-25)10-11-27-21/h4-9,12,15-16H,10-11,13-14H2,1-3H3. The fraction of sp³-hybridized carbons (Fsp3) is 0.364. The molecule has 2 amide bonds. The number of ether oxygens (including phenoxy) is 1. The van der Waals surface area contributed by atoms with Crippen LogP contribution in [0.1, 0.15) is 30.5 Å². The van der Waals surface area contributed by atoms with Gasteiger partial charge >= 0.3 is 0 Å². The van der Waals surface area contributed by atoms with Gasteiger partial charge in [0.15, 0.2) is 0 Å². The minimum Gasteiger partial charge on any atom is -0.491 e. The molecule has 1 aliphatic heterocycles. The topological polar surface area (TPSA) is 49.9 Å². The molecule has 0 saturated carbocycles. The van der Waals surface area contributed by atoms with Crippen molar-refractivity contribution in [1.82, 2.24) is 4.90 Å². The summed E-state index contributed by atoms with van der Waals surface area (Å²) in [6.07, 6.45) is 0.853. The lowest BCUT2D eigenvalue weighted by molar-refractivity contribution is -0.121. The number of hydrogen-bond donors (Lipinski definition) is 0. The van der Waals surface area contributed by atoms with Crippen molar-refractivity contribution >= 4 is 18.0 Å². The van der Waals surface area contributed by atoms with E-state index in [0.29, 0.717) is 26.2 Å². The van der Waals surface area contributed by atoms with Crippen molar-refractivity contribution in [3.8, 4) is 5.75 Å². The summed E-state index contributed by atoms with van der Waals surface area (Å²) in [6.45, 7) is 7.93. The van der Waals surface area contributed by atoms with Crippen LogP contribution in [-0.4, -0.2) is 30.4 Å². The molecule has 27 heavy (non-hydrogen) atoms. The van der Waals surface area contributed by atoms with E-state index in [2.05, 4.69) is 0 Å². The Morgan fingerprint density at radius 3 is 2.63 bits per heavy atom. The summed E-state index contributed by atoms with van der Waals surface area (Å²) in [5, 5.41) is 0. The van der Waals surface area contributed by atoms with Gasteiger partial charge in [-0.15, -0.1) is 0 Å². The molecule has 0 unspecified atom stereocenters. The first-order valence-corrected chi connectivity index (χ1v) is 9.30. The summed E-state index contributed by atoms with van der Waals surface area (Å²) in [7, 11) is 0. The second-order valence-electron chi connectivity index (χ2n) is 7.28. The second kappa shape index (κ2) is 8.25. The van der Waals surface area contributed by atoms with Crippen LogP contribution >= 0.6 is 0 Å². The van der Waals surface area contributed by atoms with E-state index in [1.54, 1.807) is 4.90 Å². The molecule has 5 heteroatoms. The smallest absolute Gasteiger partial charge is 0.229 e. The van der Waals surface area contributed by atoms with Gasteiger partial charge in [0.2, 0.25) is 12.3 Å². The van der Waals surface area contributed by atoms with E-state index in [0.717, 1.165) is 34.5 Å². The summed E-state index contributed by atoms with van der Waals surface area (Å²) in [5.41, 5.74) is 4.03. The molecule has 2 aromatic rings. The van der Waals surface area contributed by atoms with Crippen LogP contribution in [0, 0.1) is 12.8 Å². The number of aryl methyl sites for hydroxylation is 1. The van der Waals surface area contributed by atoms with Crippen molar-refractivity contribution in [3.63, 3.8) is 0 Å². The van der Waals surface area contributed by atoms with Gasteiger partial charge in [-0.2, -0.15) is 0 Å². The molecule has 1 heterocycles. The summed E-state index contributed by atoms with van der Waals surface area (Å²) in [6, 6.07) is 14.0. The zero-order valence-corrected chi connectivity index (χ0v) is 16.1. The fourth-order valence-corrected chi connectivity index (χ4v) is 3.17. The molecule has 0 atom stereocenters. The number of carbonyl (C=O) groups excluding carboxylic acids is 2. The molecule has 0 spiro atoms. The van der Waals surface area contributed by atoms with Crippen molar-refractivity contribution < 1.29 is 14.3 Å². The van der Waals surface area contributed by atoms with E-state index in [1.807, 2.05) is 68.1 Å². The Balaban J connectivity index is 1.89. The average Bonchev–Trinajstić information content (AvgIpc) is 2.87. The van der Waals surface area contributed by atoms with Gasteiger partial charge in [0, 0.05) is 23.7 Å². The Kier molecular flexibility index (Phi) is 5.79. The van der Waals surface area contributed by atoms with Gasteiger partial charge in [0.05, 0.1) is 13.1 Å². The lowest BCUT2D eigenvalue weighted by Gasteiger charge is -2.25. The van der Waals surface area contributed by atoms with Gasteiger partial charge in [0.25, 0.3) is 0 Å². The SMILES string of the molecule is Cc1ccc(N(Cc2ccc3c(c2)CN(C=O)CCO3)C(=O)C(C)C)cc1. The molecule has 0 N–H and O–H groups in total. The van der Waals surface area contributed by atoms with Crippen LogP contribution in [-0.2, 0) is 22.7 Å². The maximum Gasteiger partial charge on any atom is 0.229 e. The van der Waals surface area contributed by atoms with E-state index < -0.39 is 0 Å². The van der Waals surface area contributed by atoms with E-state index in [-0.39, 0.29) is 11.8 Å². The van der Waals surface area contributed by atoms with Crippen molar-refractivity contribution in [3.05, 3.63) is 59.2 Å². The van der Waals surface area contributed by atoms with Gasteiger partial charge in [-0.3, -0.25) is 9.59 Å². The predicted molar refractivity (Wildman–Crippen MR) is 106 cm³/mol. The van der Waals surface area contributed by atoms with Gasteiger partial charge in [-0.1, -0.05) is 37.6 Å². The van der Waals surface area contributed by atoms with Gasteiger partial charge in [-0.25, -0.2) is 0 Å². The number of anilines is 1. The minimum atomic E-state index is -0.0963. The predicted octanol–water partition coefficient (Wildman–Crippen LogP) is 3.54. The number of carbonyl (C=O) groups is 2. The van der Waals surface area contributed by atoms with Crippen LogP contribution in [0.5, 0.6) is 5.75 Å². The zero-order chi connectivity index (χ0) is 19.4. The van der Waals surface area contributed by atoms with Crippen LogP contribution in [0.25, 0.3) is 0 Å². The molecular formula is C22H26N2O3. The third-order valence-electron chi connectivity index (χ3n) is 4.73. The van der Waals surface area contributed by atoms with Gasteiger partial charge < -0.3 is 14.5 Å². The molecule has 0 radical (unpaired) electrons. The third kappa shape index (κ3) is 4.48. The summed E-state index contributed by atoms with van der Waals surface area (Å²) < 4.78 is 5.74. The first kappa shape index (κ1) is 19.0. The van der Waals surface area contributed by atoms with Crippen LogP contribution in [0.15, 0.2) is 42.5 Å². The normalized spacial score (nSPS) is 13.6. The Hall–Kier alpha value is -2.82. The first-order valence-electron chi connectivity index (χ1n) is 9.30. The average molecular weight is 366 g/mol. The molecule has 0 aromatic heterocycles. The number of hydrogen-bond acceptors (Lipinski definition) is 3. The fourth-order valence-electron chi connectivity index (χ4n) is 3.17. The number of rotatable bonds is 5. The van der Waals surface area contributed by atoms with Crippen molar-refractivity contribution in [2.24, 2.45) is 5.92 Å². The molecule has 0 fully saturated rings. The van der Waals surface area contributed by atoms with Gasteiger partial charge in [-0.05, 0) is 36.8 Å². The molecule has 2 aromatic carbocycles. The monoisotopic (exact) mass is 366 g/mol. The molecular weight excluding hydrogens is 340 g/mol. The Bertz CT molecular complexity index is 815. The number of benzene rings is 2. The Labute approximate surface area is 160 Å². The van der Waals surface area contributed by atoms with Crippen molar-refractivity contribution in [2.45, 2.75) is 33.9 Å². The molecule has 0 saturated heterocycles. The number of amides is 2. The lowest BCUT2D eigenvalue weighted by atomic mass is 10.1. The second-order valence-corrected chi connectivity index (χ2v) is 7.28. The Morgan fingerprint density at radius 1 is 1.22 bits per heavy atom. The van der Waals surface area contributed by atoms with E-state index in [9.17, 15) is 9.59 Å². The first-order chi connectivity index (χ1) is 13.0. The third-order valence-corrected chi connectivity index (χ3v) is 4.73. The zero-order valence-electron chi connectivity index (χ0n) is 16.1. The van der Waals surface area contributed by atoms with E-state index in [4.69, 9.17) is 4.74 Å². The highest BCUT2D eigenvalue weighted by molar-refractivity contribution is 5.94. The van der Waals surface area contributed by atoms with E-state index >= 15 is 0 Å². The van der Waals surface area contributed by atoms with Crippen molar-refractivity contribution in [1.29, 1.82) is 0 Å². The van der Waals surface area contributed by atoms with Crippen LogP contribution < -0.4 is 9.64 Å². The number of fused-ring (bicyclic) bond motifs is 1. The lowest BCUT2D eigenvalue weighted by Crippen LogP contribution is -2.33. The quantitative estimate of drug-likeness (QED) is 0.761. The van der Waals surface area contributed by atoms with Gasteiger partial charge in [0.1, 0.15) is 12.4 Å². The summed E-state index contributed by atoms with van der Waals surface area (Å²) in [5.74, 6) is 0.792. The molecule has 142 valence electrons. The highest BCUT2D eigenvalue weighted by Gasteiger charge is 2.21. The molecule has 0 bridgehead atoms. The maximum atomic E-state index is 12.8. The van der Waals surface area contributed by atoms with Crippen LogP contribution in [0.2, 0.25) is 0 Å². The van der Waals surface area contributed by atoms with Crippen LogP contribution in [0.4, 0.5) is 5.69 Å².